The van der Waals surface area contributed by atoms with E-state index < -0.39 is 11.9 Å². The van der Waals surface area contributed by atoms with Crippen molar-refractivity contribution in [1.82, 2.24) is 5.32 Å². The summed E-state index contributed by atoms with van der Waals surface area (Å²) in [6.07, 6.45) is 3.19. The lowest BCUT2D eigenvalue weighted by Gasteiger charge is -2.12. The zero-order valence-electron chi connectivity index (χ0n) is 14.9. The third-order valence-corrected chi connectivity index (χ3v) is 4.71. The van der Waals surface area contributed by atoms with Gasteiger partial charge in [-0.05, 0) is 64.0 Å². The molecule has 0 radical (unpaired) electrons. The Kier molecular flexibility index (Phi) is 6.06. The molecule has 1 fully saturated rings. The molecule has 0 atom stereocenters. The highest BCUT2D eigenvalue weighted by atomic mass is 79.9. The Morgan fingerprint density at radius 2 is 1.96 bits per heavy atom. The second-order valence-corrected chi connectivity index (χ2v) is 7.03. The van der Waals surface area contributed by atoms with Crippen molar-refractivity contribution in [2.45, 2.75) is 0 Å². The van der Waals surface area contributed by atoms with E-state index in [9.17, 15) is 9.59 Å². The standard InChI is InChI=1S/C20H16BrClN2O4/c1-3-8-28-18-15(21)9-12(11-17(18)27-2)10-16-19(25)24(20(26)23-16)14-6-4-13(22)5-7-14/h3-7,9-11H,1,8H2,2H3,(H,23,26)/b16-10+. The Morgan fingerprint density at radius 3 is 2.61 bits per heavy atom. The predicted molar refractivity (Wildman–Crippen MR) is 112 cm³/mol. The summed E-state index contributed by atoms with van der Waals surface area (Å²) in [6.45, 7) is 3.94. The minimum absolute atomic E-state index is 0.147. The van der Waals surface area contributed by atoms with Crippen molar-refractivity contribution >= 4 is 51.2 Å². The smallest absolute Gasteiger partial charge is 0.333 e. The van der Waals surface area contributed by atoms with Crippen LogP contribution in [-0.4, -0.2) is 25.7 Å². The molecule has 0 spiro atoms. The second kappa shape index (κ2) is 8.50. The minimum atomic E-state index is -0.532. The van der Waals surface area contributed by atoms with Gasteiger partial charge in [-0.2, -0.15) is 0 Å². The summed E-state index contributed by atoms with van der Waals surface area (Å²) >= 11 is 9.30. The number of nitrogens with one attached hydrogen (secondary N) is 1. The molecule has 2 aromatic carbocycles. The number of hydrogen-bond acceptors (Lipinski definition) is 4. The molecule has 8 heteroatoms. The summed E-state index contributed by atoms with van der Waals surface area (Å²) in [5.41, 5.74) is 1.23. The fourth-order valence-electron chi connectivity index (χ4n) is 2.63. The van der Waals surface area contributed by atoms with Crippen LogP contribution in [0.3, 0.4) is 0 Å². The number of ether oxygens (including phenoxy) is 2. The van der Waals surface area contributed by atoms with Gasteiger partial charge in [0.15, 0.2) is 11.5 Å². The van der Waals surface area contributed by atoms with E-state index >= 15 is 0 Å². The van der Waals surface area contributed by atoms with Crippen LogP contribution in [0.2, 0.25) is 5.02 Å². The first-order chi connectivity index (χ1) is 13.4. The molecule has 28 heavy (non-hydrogen) atoms. The predicted octanol–water partition coefficient (Wildman–Crippen LogP) is 4.77. The fraction of sp³-hybridized carbons (Fsp3) is 0.100. The van der Waals surface area contributed by atoms with Gasteiger partial charge in [0.25, 0.3) is 5.91 Å². The van der Waals surface area contributed by atoms with Crippen LogP contribution in [0.25, 0.3) is 6.08 Å². The topological polar surface area (TPSA) is 67.9 Å². The van der Waals surface area contributed by atoms with Crippen LogP contribution < -0.4 is 19.7 Å². The second-order valence-electron chi connectivity index (χ2n) is 5.74. The molecule has 1 saturated heterocycles. The maximum Gasteiger partial charge on any atom is 0.333 e. The molecular weight excluding hydrogens is 448 g/mol. The number of urea groups is 1. The number of carbonyl (C=O) groups excluding carboxylic acids is 2. The van der Waals surface area contributed by atoms with E-state index in [0.717, 1.165) is 4.90 Å². The van der Waals surface area contributed by atoms with Crippen molar-refractivity contribution in [3.05, 3.63) is 69.8 Å². The van der Waals surface area contributed by atoms with Crippen molar-refractivity contribution in [3.63, 3.8) is 0 Å². The van der Waals surface area contributed by atoms with E-state index in [4.69, 9.17) is 21.1 Å². The molecule has 144 valence electrons. The van der Waals surface area contributed by atoms with Gasteiger partial charge in [-0.15, -0.1) is 0 Å². The Balaban J connectivity index is 1.92. The number of amides is 3. The highest BCUT2D eigenvalue weighted by Gasteiger charge is 2.34. The van der Waals surface area contributed by atoms with Gasteiger partial charge in [-0.25, -0.2) is 9.69 Å². The average Bonchev–Trinajstić information content (AvgIpc) is 2.94. The zero-order valence-corrected chi connectivity index (χ0v) is 17.2. The summed E-state index contributed by atoms with van der Waals surface area (Å²) in [5.74, 6) is 0.540. The number of imide groups is 1. The fourth-order valence-corrected chi connectivity index (χ4v) is 3.33. The van der Waals surface area contributed by atoms with Gasteiger partial charge in [-0.3, -0.25) is 4.79 Å². The highest BCUT2D eigenvalue weighted by Crippen LogP contribution is 2.37. The Labute approximate surface area is 175 Å². The number of carbonyl (C=O) groups is 2. The maximum absolute atomic E-state index is 12.7. The molecule has 1 heterocycles. The van der Waals surface area contributed by atoms with Crippen LogP contribution in [0.1, 0.15) is 5.56 Å². The lowest BCUT2D eigenvalue weighted by Crippen LogP contribution is -2.30. The SMILES string of the molecule is C=CCOc1c(Br)cc(/C=C2/NC(=O)N(c3ccc(Cl)cc3)C2=O)cc1OC. The third kappa shape index (κ3) is 4.05. The zero-order chi connectivity index (χ0) is 20.3. The Hall–Kier alpha value is -2.77. The number of methoxy groups -OCH3 is 1. The van der Waals surface area contributed by atoms with Crippen LogP contribution in [-0.2, 0) is 4.79 Å². The van der Waals surface area contributed by atoms with Crippen molar-refractivity contribution in [2.24, 2.45) is 0 Å². The summed E-state index contributed by atoms with van der Waals surface area (Å²) in [6, 6.07) is 9.38. The van der Waals surface area contributed by atoms with Gasteiger partial charge in [0.1, 0.15) is 12.3 Å². The van der Waals surface area contributed by atoms with Crippen LogP contribution in [0, 0.1) is 0 Å². The third-order valence-electron chi connectivity index (χ3n) is 3.87. The molecule has 0 aliphatic carbocycles. The molecule has 0 unspecified atom stereocenters. The van der Waals surface area contributed by atoms with E-state index in [2.05, 4.69) is 27.8 Å². The molecule has 1 aliphatic rings. The molecule has 0 saturated carbocycles. The van der Waals surface area contributed by atoms with Crippen LogP contribution >= 0.6 is 27.5 Å². The molecule has 1 aliphatic heterocycles. The number of hydrogen-bond donors (Lipinski definition) is 1. The average molecular weight is 464 g/mol. The first-order valence-electron chi connectivity index (χ1n) is 8.18. The molecule has 0 aromatic heterocycles. The van der Waals surface area contributed by atoms with Gasteiger partial charge in [0, 0.05) is 5.02 Å². The number of halogens is 2. The van der Waals surface area contributed by atoms with Crippen LogP contribution in [0.4, 0.5) is 10.5 Å². The largest absolute Gasteiger partial charge is 0.493 e. The van der Waals surface area contributed by atoms with Crippen molar-refractivity contribution in [1.29, 1.82) is 0 Å². The number of rotatable bonds is 6. The van der Waals surface area contributed by atoms with Gasteiger partial charge in [-0.1, -0.05) is 24.3 Å². The molecule has 2 aromatic rings. The molecule has 0 bridgehead atoms. The van der Waals surface area contributed by atoms with E-state index in [1.807, 2.05) is 0 Å². The number of anilines is 1. The van der Waals surface area contributed by atoms with Crippen molar-refractivity contribution < 1.29 is 19.1 Å². The van der Waals surface area contributed by atoms with Crippen LogP contribution in [0.5, 0.6) is 11.5 Å². The normalized spacial score (nSPS) is 15.0. The van der Waals surface area contributed by atoms with E-state index in [-0.39, 0.29) is 5.70 Å². The minimum Gasteiger partial charge on any atom is -0.493 e. The quantitative estimate of drug-likeness (QED) is 0.380. The van der Waals surface area contributed by atoms with Gasteiger partial charge >= 0.3 is 6.03 Å². The maximum atomic E-state index is 12.7. The number of benzene rings is 2. The van der Waals surface area contributed by atoms with Gasteiger partial charge in [0.05, 0.1) is 17.3 Å². The highest BCUT2D eigenvalue weighted by molar-refractivity contribution is 9.10. The monoisotopic (exact) mass is 462 g/mol. The summed E-state index contributed by atoms with van der Waals surface area (Å²) in [4.78, 5) is 26.1. The molecule has 1 N–H and O–H groups in total. The van der Waals surface area contributed by atoms with Gasteiger partial charge in [0.2, 0.25) is 0 Å². The molecular formula is C20H16BrClN2O4. The summed E-state index contributed by atoms with van der Waals surface area (Å²) in [7, 11) is 1.52. The van der Waals surface area contributed by atoms with Crippen molar-refractivity contribution in [3.8, 4) is 11.5 Å². The van der Waals surface area contributed by atoms with Gasteiger partial charge < -0.3 is 14.8 Å². The molecule has 6 nitrogen and oxygen atoms in total. The summed E-state index contributed by atoms with van der Waals surface area (Å²) in [5, 5.41) is 3.10. The van der Waals surface area contributed by atoms with E-state index in [1.54, 1.807) is 48.6 Å². The first kappa shape index (κ1) is 20.0. The molecule has 3 amide bonds. The Bertz CT molecular complexity index is 973. The van der Waals surface area contributed by atoms with Crippen molar-refractivity contribution in [2.75, 3.05) is 18.6 Å². The van der Waals surface area contributed by atoms with E-state index in [0.29, 0.717) is 38.9 Å². The lowest BCUT2D eigenvalue weighted by atomic mass is 10.1. The lowest BCUT2D eigenvalue weighted by molar-refractivity contribution is -0.113. The Morgan fingerprint density at radius 1 is 1.25 bits per heavy atom. The summed E-state index contributed by atoms with van der Waals surface area (Å²) < 4.78 is 11.6. The molecule has 3 rings (SSSR count). The first-order valence-corrected chi connectivity index (χ1v) is 9.35. The van der Waals surface area contributed by atoms with Crippen LogP contribution in [0.15, 0.2) is 59.2 Å². The number of nitrogens with zero attached hydrogens (tertiary/aromatic N) is 1. The van der Waals surface area contributed by atoms with E-state index in [1.165, 1.54) is 7.11 Å².